The Bertz CT molecular complexity index is 1330. The molecular weight excluding hydrogens is 486 g/mol. The lowest BCUT2D eigenvalue weighted by Gasteiger charge is -2.29. The molecule has 196 valence electrons. The van der Waals surface area contributed by atoms with Crippen LogP contribution in [0.25, 0.3) is 11.1 Å². The molecule has 0 radical (unpaired) electrons. The number of sulfonamides is 1. The van der Waals surface area contributed by atoms with Gasteiger partial charge in [0.15, 0.2) is 6.61 Å². The molecule has 0 amide bonds. The van der Waals surface area contributed by atoms with Crippen molar-refractivity contribution in [1.82, 2.24) is 4.31 Å². The van der Waals surface area contributed by atoms with Crippen molar-refractivity contribution in [3.8, 4) is 16.9 Å². The Balaban J connectivity index is 1.57. The van der Waals surface area contributed by atoms with E-state index in [1.165, 1.54) is 4.31 Å². The molecular formula is C30H35NO5S. The Morgan fingerprint density at radius 3 is 2.27 bits per heavy atom. The molecule has 6 nitrogen and oxygen atoms in total. The molecule has 0 saturated heterocycles. The summed E-state index contributed by atoms with van der Waals surface area (Å²) in [4.78, 5) is 12.5. The van der Waals surface area contributed by atoms with Crippen LogP contribution in [0.5, 0.6) is 5.75 Å². The monoisotopic (exact) mass is 521 g/mol. The minimum Gasteiger partial charge on any atom is -0.482 e. The minimum absolute atomic E-state index is 0.194. The number of benzene rings is 3. The number of carbonyl (C=O) groups excluding carboxylic acids is 1. The number of nitrogens with zero attached hydrogens (tertiary/aromatic N) is 1. The minimum atomic E-state index is -3.74. The lowest BCUT2D eigenvalue weighted by molar-refractivity contribution is -0.157. The molecule has 0 fully saturated rings. The summed E-state index contributed by atoms with van der Waals surface area (Å²) in [5.74, 6) is 0.169. The molecule has 0 aliphatic heterocycles. The predicted molar refractivity (Wildman–Crippen MR) is 145 cm³/mol. The standard InChI is InChI=1S/C30H35NO5S/c1-30(2,3)36-29(32)21-35-28-16-10-14-25-26(28)13-8-9-15-27(25)31(4)37(33,34)24-19-17-23(18-20-24)22-11-6-5-7-12-22/h5-7,10-12,14,16-20,27H,8-9,13,15,21H2,1-4H3. The van der Waals surface area contributed by atoms with Gasteiger partial charge in [-0.3, -0.25) is 0 Å². The Morgan fingerprint density at radius 1 is 0.919 bits per heavy atom. The summed E-state index contributed by atoms with van der Waals surface area (Å²) in [7, 11) is -2.09. The van der Waals surface area contributed by atoms with Crippen molar-refractivity contribution in [3.05, 3.63) is 83.9 Å². The van der Waals surface area contributed by atoms with Gasteiger partial charge in [0.25, 0.3) is 0 Å². The first-order valence-corrected chi connectivity index (χ1v) is 14.1. The molecule has 0 spiro atoms. The van der Waals surface area contributed by atoms with Gasteiger partial charge in [0.1, 0.15) is 11.4 Å². The summed E-state index contributed by atoms with van der Waals surface area (Å²) >= 11 is 0. The zero-order valence-corrected chi connectivity index (χ0v) is 22.8. The molecule has 7 heteroatoms. The van der Waals surface area contributed by atoms with Gasteiger partial charge in [-0.15, -0.1) is 0 Å². The number of esters is 1. The predicted octanol–water partition coefficient (Wildman–Crippen LogP) is 6.16. The highest BCUT2D eigenvalue weighted by Gasteiger charge is 2.32. The highest BCUT2D eigenvalue weighted by atomic mass is 32.2. The van der Waals surface area contributed by atoms with Gasteiger partial charge >= 0.3 is 5.97 Å². The third-order valence-electron chi connectivity index (χ3n) is 6.53. The maximum absolute atomic E-state index is 13.7. The van der Waals surface area contributed by atoms with Gasteiger partial charge in [-0.2, -0.15) is 4.31 Å². The maximum atomic E-state index is 13.7. The van der Waals surface area contributed by atoms with Gasteiger partial charge in [-0.05, 0) is 80.5 Å². The molecule has 37 heavy (non-hydrogen) atoms. The van der Waals surface area contributed by atoms with E-state index < -0.39 is 21.6 Å². The van der Waals surface area contributed by atoms with Gasteiger partial charge in [0.2, 0.25) is 10.0 Å². The summed E-state index contributed by atoms with van der Waals surface area (Å²) in [5, 5.41) is 0. The largest absolute Gasteiger partial charge is 0.482 e. The smallest absolute Gasteiger partial charge is 0.344 e. The van der Waals surface area contributed by atoms with E-state index in [0.29, 0.717) is 12.2 Å². The molecule has 1 unspecified atom stereocenters. The van der Waals surface area contributed by atoms with Crippen LogP contribution in [0.3, 0.4) is 0 Å². The fourth-order valence-electron chi connectivity index (χ4n) is 4.76. The van der Waals surface area contributed by atoms with E-state index >= 15 is 0 Å². The normalized spacial score (nSPS) is 16.1. The van der Waals surface area contributed by atoms with E-state index in [-0.39, 0.29) is 17.5 Å². The van der Waals surface area contributed by atoms with Crippen molar-refractivity contribution in [2.75, 3.05) is 13.7 Å². The molecule has 1 atom stereocenters. The van der Waals surface area contributed by atoms with Gasteiger partial charge in [0, 0.05) is 7.05 Å². The lowest BCUT2D eigenvalue weighted by Crippen LogP contribution is -2.31. The van der Waals surface area contributed by atoms with Gasteiger partial charge in [0.05, 0.1) is 10.9 Å². The first-order chi connectivity index (χ1) is 17.6. The summed E-state index contributed by atoms with van der Waals surface area (Å²) in [6.07, 6.45) is 3.27. The van der Waals surface area contributed by atoms with Crippen LogP contribution in [0.1, 0.15) is 57.2 Å². The average molecular weight is 522 g/mol. The van der Waals surface area contributed by atoms with Crippen molar-refractivity contribution in [1.29, 1.82) is 0 Å². The fraction of sp³-hybridized carbons (Fsp3) is 0.367. The summed E-state index contributed by atoms with van der Waals surface area (Å²) in [6.45, 7) is 5.25. The second kappa shape index (κ2) is 11.1. The van der Waals surface area contributed by atoms with Crippen LogP contribution in [-0.4, -0.2) is 37.9 Å². The molecule has 3 aromatic rings. The molecule has 0 N–H and O–H groups in total. The topological polar surface area (TPSA) is 72.9 Å². The zero-order valence-electron chi connectivity index (χ0n) is 21.9. The fourth-order valence-corrected chi connectivity index (χ4v) is 6.13. The van der Waals surface area contributed by atoms with Crippen LogP contribution >= 0.6 is 0 Å². The summed E-state index contributed by atoms with van der Waals surface area (Å²) in [6, 6.07) is 22.2. The second-order valence-corrected chi connectivity index (χ2v) is 12.4. The molecule has 1 aliphatic rings. The molecule has 0 bridgehead atoms. The SMILES string of the molecule is CN(C1CCCCc2c(OCC(=O)OC(C)(C)C)cccc21)S(=O)(=O)c1ccc(-c2ccccc2)cc1. The van der Waals surface area contributed by atoms with Crippen LogP contribution in [0, 0.1) is 0 Å². The Kier molecular flexibility index (Phi) is 8.05. The Morgan fingerprint density at radius 2 is 1.59 bits per heavy atom. The molecule has 4 rings (SSSR count). The average Bonchev–Trinajstić information content (AvgIpc) is 3.09. The van der Waals surface area contributed by atoms with Crippen molar-refractivity contribution >= 4 is 16.0 Å². The van der Waals surface area contributed by atoms with Crippen LogP contribution in [0.15, 0.2) is 77.7 Å². The first kappa shape index (κ1) is 26.9. The van der Waals surface area contributed by atoms with Crippen molar-refractivity contribution in [2.45, 2.75) is 63.0 Å². The van der Waals surface area contributed by atoms with E-state index in [2.05, 4.69) is 0 Å². The van der Waals surface area contributed by atoms with Gasteiger partial charge < -0.3 is 9.47 Å². The highest BCUT2D eigenvalue weighted by Crippen LogP contribution is 2.39. The highest BCUT2D eigenvalue weighted by molar-refractivity contribution is 7.89. The van der Waals surface area contributed by atoms with E-state index in [0.717, 1.165) is 41.5 Å². The second-order valence-electron chi connectivity index (χ2n) is 10.4. The zero-order chi connectivity index (χ0) is 26.6. The van der Waals surface area contributed by atoms with Gasteiger partial charge in [-0.25, -0.2) is 13.2 Å². The third kappa shape index (κ3) is 6.40. The number of ether oxygens (including phenoxy) is 2. The van der Waals surface area contributed by atoms with Crippen LogP contribution in [0.2, 0.25) is 0 Å². The molecule has 1 aliphatic carbocycles. The molecule has 0 aromatic heterocycles. The Hall–Kier alpha value is -3.16. The van der Waals surface area contributed by atoms with Gasteiger partial charge in [-0.1, -0.05) is 61.0 Å². The number of hydrogen-bond acceptors (Lipinski definition) is 5. The van der Waals surface area contributed by atoms with Crippen LogP contribution < -0.4 is 4.74 Å². The molecule has 0 heterocycles. The van der Waals surface area contributed by atoms with Crippen molar-refractivity contribution < 1.29 is 22.7 Å². The maximum Gasteiger partial charge on any atom is 0.344 e. The van der Waals surface area contributed by atoms with Crippen LogP contribution in [-0.2, 0) is 26.0 Å². The number of rotatable bonds is 7. The summed E-state index contributed by atoms with van der Waals surface area (Å²) < 4.78 is 40.1. The number of hydrogen-bond donors (Lipinski definition) is 0. The summed E-state index contributed by atoms with van der Waals surface area (Å²) in [5.41, 5.74) is 3.29. The lowest BCUT2D eigenvalue weighted by atomic mass is 9.98. The first-order valence-electron chi connectivity index (χ1n) is 12.7. The van der Waals surface area contributed by atoms with E-state index in [9.17, 15) is 13.2 Å². The number of fused-ring (bicyclic) bond motifs is 1. The Labute approximate surface area is 220 Å². The van der Waals surface area contributed by atoms with Crippen LogP contribution in [0.4, 0.5) is 0 Å². The van der Waals surface area contributed by atoms with Crippen molar-refractivity contribution in [3.63, 3.8) is 0 Å². The van der Waals surface area contributed by atoms with Crippen molar-refractivity contribution in [2.24, 2.45) is 0 Å². The van der Waals surface area contributed by atoms with E-state index in [1.807, 2.05) is 81.4 Å². The van der Waals surface area contributed by atoms with E-state index in [1.54, 1.807) is 19.2 Å². The van der Waals surface area contributed by atoms with E-state index in [4.69, 9.17) is 9.47 Å². The number of carbonyl (C=O) groups is 1. The third-order valence-corrected chi connectivity index (χ3v) is 8.41. The quantitative estimate of drug-likeness (QED) is 0.275. The molecule has 0 saturated carbocycles. The molecule has 3 aromatic carbocycles.